The van der Waals surface area contributed by atoms with Crippen molar-refractivity contribution in [3.05, 3.63) is 89.6 Å². The number of piperidine rings is 1. The van der Waals surface area contributed by atoms with Crippen LogP contribution in [0.4, 0.5) is 10.1 Å². The molecule has 1 aromatic heterocycles. The molecule has 1 aliphatic heterocycles. The Morgan fingerprint density at radius 2 is 1.76 bits per heavy atom. The van der Waals surface area contributed by atoms with E-state index in [0.29, 0.717) is 5.56 Å². The van der Waals surface area contributed by atoms with E-state index in [1.54, 1.807) is 18.4 Å². The molecular formula is C24H25FN2O2. The van der Waals surface area contributed by atoms with Gasteiger partial charge in [0.1, 0.15) is 11.6 Å². The van der Waals surface area contributed by atoms with Gasteiger partial charge in [0.15, 0.2) is 0 Å². The molecule has 2 aromatic carbocycles. The van der Waals surface area contributed by atoms with E-state index < -0.39 is 0 Å². The summed E-state index contributed by atoms with van der Waals surface area (Å²) in [6.07, 6.45) is 3.45. The molecule has 0 aliphatic carbocycles. The summed E-state index contributed by atoms with van der Waals surface area (Å²) in [7, 11) is 0. The molecule has 0 spiro atoms. The first-order chi connectivity index (χ1) is 14.1. The van der Waals surface area contributed by atoms with Gasteiger partial charge in [-0.3, -0.25) is 9.69 Å². The number of carbonyl (C=O) groups is 1. The third-order valence-electron chi connectivity index (χ3n) is 5.50. The minimum atomic E-state index is -0.338. The molecule has 0 radical (unpaired) electrons. The minimum Gasteiger partial charge on any atom is -0.468 e. The lowest BCUT2D eigenvalue weighted by molar-refractivity contribution is 0.0957. The van der Waals surface area contributed by atoms with Crippen LogP contribution in [0.3, 0.4) is 0 Å². The van der Waals surface area contributed by atoms with Gasteiger partial charge in [-0.15, -0.1) is 0 Å². The van der Waals surface area contributed by atoms with Gasteiger partial charge in [0.2, 0.25) is 0 Å². The maximum Gasteiger partial charge on any atom is 0.258 e. The van der Waals surface area contributed by atoms with Crippen molar-refractivity contribution >= 4 is 11.6 Å². The molecule has 0 unspecified atom stereocenters. The number of anilines is 1. The van der Waals surface area contributed by atoms with Crippen LogP contribution < -0.4 is 4.90 Å². The van der Waals surface area contributed by atoms with Crippen LogP contribution in [-0.4, -0.2) is 29.9 Å². The second-order valence-corrected chi connectivity index (χ2v) is 7.60. The van der Waals surface area contributed by atoms with Crippen LogP contribution >= 0.6 is 0 Å². The maximum atomic E-state index is 13.4. The van der Waals surface area contributed by atoms with Crippen LogP contribution in [0.25, 0.3) is 0 Å². The number of halogens is 1. The lowest BCUT2D eigenvalue weighted by Gasteiger charge is -2.38. The van der Waals surface area contributed by atoms with E-state index in [9.17, 15) is 9.18 Å². The Morgan fingerprint density at radius 1 is 1.07 bits per heavy atom. The van der Waals surface area contributed by atoms with Crippen molar-refractivity contribution in [2.24, 2.45) is 0 Å². The Balaban J connectivity index is 1.53. The molecule has 0 saturated carbocycles. The van der Waals surface area contributed by atoms with E-state index in [1.165, 1.54) is 12.1 Å². The third-order valence-corrected chi connectivity index (χ3v) is 5.50. The number of nitrogens with zero attached hydrogens (tertiary/aromatic N) is 2. The summed E-state index contributed by atoms with van der Waals surface area (Å²) in [6, 6.07) is 17.8. The lowest BCUT2D eigenvalue weighted by atomic mass is 10.00. The first-order valence-electron chi connectivity index (χ1n) is 10.0. The van der Waals surface area contributed by atoms with Crippen molar-refractivity contribution in [2.75, 3.05) is 18.0 Å². The number of benzene rings is 2. The molecule has 4 rings (SSSR count). The average Bonchev–Trinajstić information content (AvgIpc) is 3.24. The second kappa shape index (κ2) is 8.62. The molecule has 29 heavy (non-hydrogen) atoms. The Bertz CT molecular complexity index is 928. The fourth-order valence-corrected chi connectivity index (χ4v) is 3.89. The van der Waals surface area contributed by atoms with Gasteiger partial charge in [-0.25, -0.2) is 4.39 Å². The number of aryl methyl sites for hydroxylation is 1. The molecule has 1 amide bonds. The topological polar surface area (TPSA) is 36.7 Å². The molecule has 1 fully saturated rings. The van der Waals surface area contributed by atoms with Crippen molar-refractivity contribution < 1.29 is 13.6 Å². The Morgan fingerprint density at radius 3 is 2.38 bits per heavy atom. The van der Waals surface area contributed by atoms with Gasteiger partial charge >= 0.3 is 0 Å². The number of amides is 1. The summed E-state index contributed by atoms with van der Waals surface area (Å²) >= 11 is 0. The quantitative estimate of drug-likeness (QED) is 0.610. The van der Waals surface area contributed by atoms with Gasteiger partial charge in [0, 0.05) is 30.4 Å². The van der Waals surface area contributed by atoms with Gasteiger partial charge in [-0.05, 0) is 68.3 Å². The van der Waals surface area contributed by atoms with Gasteiger partial charge in [0.05, 0.1) is 12.8 Å². The number of likely N-dealkylation sites (tertiary alicyclic amines) is 1. The van der Waals surface area contributed by atoms with Crippen LogP contribution in [0, 0.1) is 12.7 Å². The molecule has 2 heterocycles. The van der Waals surface area contributed by atoms with E-state index in [2.05, 4.69) is 4.90 Å². The summed E-state index contributed by atoms with van der Waals surface area (Å²) < 4.78 is 18.8. The van der Waals surface area contributed by atoms with Gasteiger partial charge in [0.25, 0.3) is 5.91 Å². The van der Waals surface area contributed by atoms with Crippen molar-refractivity contribution in [1.82, 2.24) is 4.90 Å². The number of hydrogen-bond donors (Lipinski definition) is 0. The molecule has 1 aliphatic rings. The average molecular weight is 392 g/mol. The summed E-state index contributed by atoms with van der Waals surface area (Å²) in [4.78, 5) is 17.6. The lowest BCUT2D eigenvalue weighted by Crippen LogP contribution is -2.47. The highest BCUT2D eigenvalue weighted by Crippen LogP contribution is 2.27. The summed E-state index contributed by atoms with van der Waals surface area (Å²) in [5, 5.41) is 0. The smallest absolute Gasteiger partial charge is 0.258 e. The maximum absolute atomic E-state index is 13.4. The minimum absolute atomic E-state index is 0.0849. The van der Waals surface area contributed by atoms with E-state index >= 15 is 0 Å². The third kappa shape index (κ3) is 4.57. The highest BCUT2D eigenvalue weighted by molar-refractivity contribution is 6.06. The molecule has 3 aromatic rings. The Hall–Kier alpha value is -2.92. The normalized spacial score (nSPS) is 15.4. The highest BCUT2D eigenvalue weighted by atomic mass is 19.1. The molecular weight excluding hydrogens is 367 g/mol. The number of rotatable bonds is 5. The number of furan rings is 1. The summed E-state index contributed by atoms with van der Waals surface area (Å²) in [5.41, 5.74) is 2.54. The van der Waals surface area contributed by atoms with E-state index in [4.69, 9.17) is 4.42 Å². The first kappa shape index (κ1) is 19.4. The molecule has 5 heteroatoms. The van der Waals surface area contributed by atoms with Gasteiger partial charge in [-0.1, -0.05) is 17.7 Å². The molecule has 150 valence electrons. The van der Waals surface area contributed by atoms with Gasteiger partial charge < -0.3 is 9.32 Å². The molecule has 4 nitrogen and oxygen atoms in total. The molecule has 0 atom stereocenters. The number of carbonyl (C=O) groups excluding carboxylic acids is 1. The first-order valence-corrected chi connectivity index (χ1v) is 10.0. The zero-order valence-corrected chi connectivity index (χ0v) is 16.6. The highest BCUT2D eigenvalue weighted by Gasteiger charge is 2.30. The van der Waals surface area contributed by atoms with E-state index in [0.717, 1.165) is 49.5 Å². The molecule has 0 N–H and O–H groups in total. The van der Waals surface area contributed by atoms with E-state index in [-0.39, 0.29) is 17.8 Å². The monoisotopic (exact) mass is 392 g/mol. The van der Waals surface area contributed by atoms with Gasteiger partial charge in [-0.2, -0.15) is 0 Å². The fraction of sp³-hybridized carbons (Fsp3) is 0.292. The Kier molecular flexibility index (Phi) is 5.76. The standard InChI is InChI=1S/C24H25FN2O2/c1-18-4-10-21(11-5-18)27(24(28)19-6-8-20(25)9-7-19)22-12-14-26(15-13-22)17-23-3-2-16-29-23/h2-11,16,22H,12-15,17H2,1H3. The van der Waals surface area contributed by atoms with Crippen molar-refractivity contribution in [2.45, 2.75) is 32.4 Å². The second-order valence-electron chi connectivity index (χ2n) is 7.60. The van der Waals surface area contributed by atoms with Crippen LogP contribution in [0.2, 0.25) is 0 Å². The molecule has 0 bridgehead atoms. The van der Waals surface area contributed by atoms with Crippen molar-refractivity contribution in [3.63, 3.8) is 0 Å². The zero-order chi connectivity index (χ0) is 20.2. The van der Waals surface area contributed by atoms with Crippen LogP contribution in [0.1, 0.15) is 34.5 Å². The molecule has 1 saturated heterocycles. The van der Waals surface area contributed by atoms with Crippen molar-refractivity contribution in [1.29, 1.82) is 0 Å². The summed E-state index contributed by atoms with van der Waals surface area (Å²) in [5.74, 6) is 0.536. The van der Waals surface area contributed by atoms with Crippen molar-refractivity contribution in [3.8, 4) is 0 Å². The van der Waals surface area contributed by atoms with Crippen LogP contribution in [-0.2, 0) is 6.54 Å². The van der Waals surface area contributed by atoms with Crippen LogP contribution in [0.5, 0.6) is 0 Å². The fourth-order valence-electron chi connectivity index (χ4n) is 3.89. The summed E-state index contributed by atoms with van der Waals surface area (Å²) in [6.45, 7) is 4.61. The SMILES string of the molecule is Cc1ccc(N(C(=O)c2ccc(F)cc2)C2CCN(Cc3ccco3)CC2)cc1. The largest absolute Gasteiger partial charge is 0.468 e. The predicted octanol–water partition coefficient (Wildman–Crippen LogP) is 5.04. The number of hydrogen-bond acceptors (Lipinski definition) is 3. The predicted molar refractivity (Wildman–Crippen MR) is 111 cm³/mol. The zero-order valence-electron chi connectivity index (χ0n) is 16.6. The van der Waals surface area contributed by atoms with E-state index in [1.807, 2.05) is 48.2 Å². The van der Waals surface area contributed by atoms with Crippen LogP contribution in [0.15, 0.2) is 71.3 Å². The Labute approximate surface area is 170 Å².